The van der Waals surface area contributed by atoms with Crippen molar-refractivity contribution in [2.45, 2.75) is 19.9 Å². The molecule has 0 radical (unpaired) electrons. The van der Waals surface area contributed by atoms with Gasteiger partial charge in [-0.2, -0.15) is 0 Å². The molecular weight excluding hydrogens is 292 g/mol. The number of pyridine rings is 1. The largest absolute Gasteiger partial charge is 0.495 e. The van der Waals surface area contributed by atoms with Crippen molar-refractivity contribution < 1.29 is 14.3 Å². The van der Waals surface area contributed by atoms with Crippen molar-refractivity contribution in [3.8, 4) is 17.0 Å². The van der Waals surface area contributed by atoms with Gasteiger partial charge in [0.15, 0.2) is 0 Å². The van der Waals surface area contributed by atoms with Gasteiger partial charge in [0.25, 0.3) is 0 Å². The van der Waals surface area contributed by atoms with Crippen molar-refractivity contribution in [1.82, 2.24) is 10.3 Å². The maximum absolute atomic E-state index is 11.2. The van der Waals surface area contributed by atoms with E-state index in [1.54, 1.807) is 13.3 Å². The van der Waals surface area contributed by atoms with E-state index in [1.807, 2.05) is 31.2 Å². The number of benzene rings is 1. The molecule has 1 aromatic heterocycles. The third-order valence-corrected chi connectivity index (χ3v) is 3.36. The molecule has 0 aliphatic rings. The van der Waals surface area contributed by atoms with E-state index in [9.17, 15) is 4.79 Å². The normalized spacial score (nSPS) is 10.3. The number of hydrogen-bond donors (Lipinski definition) is 1. The van der Waals surface area contributed by atoms with Gasteiger partial charge in [0, 0.05) is 18.7 Å². The molecule has 0 unspecified atom stereocenters. The summed E-state index contributed by atoms with van der Waals surface area (Å²) < 4.78 is 9.99. The molecule has 0 saturated carbocycles. The van der Waals surface area contributed by atoms with Gasteiger partial charge in [-0.1, -0.05) is 24.3 Å². The second kappa shape index (κ2) is 8.90. The van der Waals surface area contributed by atoms with Crippen LogP contribution in [-0.4, -0.2) is 31.2 Å². The lowest BCUT2D eigenvalue weighted by atomic mass is 10.1. The number of hydrogen-bond acceptors (Lipinski definition) is 5. The molecule has 1 heterocycles. The Morgan fingerprint density at radius 2 is 1.96 bits per heavy atom. The van der Waals surface area contributed by atoms with Crippen LogP contribution in [0.4, 0.5) is 0 Å². The molecule has 23 heavy (non-hydrogen) atoms. The zero-order valence-electron chi connectivity index (χ0n) is 13.5. The van der Waals surface area contributed by atoms with Crippen LogP contribution >= 0.6 is 0 Å². The van der Waals surface area contributed by atoms with Gasteiger partial charge in [0.2, 0.25) is 0 Å². The van der Waals surface area contributed by atoms with Gasteiger partial charge < -0.3 is 14.8 Å². The number of ether oxygens (including phenoxy) is 2. The molecular formula is C18H22N2O3. The molecule has 0 fully saturated rings. The second-order valence-corrected chi connectivity index (χ2v) is 5.01. The lowest BCUT2D eigenvalue weighted by Gasteiger charge is -2.07. The van der Waals surface area contributed by atoms with Crippen LogP contribution in [-0.2, 0) is 16.1 Å². The average Bonchev–Trinajstić information content (AvgIpc) is 2.60. The molecule has 1 aromatic carbocycles. The standard InChI is InChI=1S/C18H22N2O3/c1-3-23-18(21)10-11-19-12-14-4-6-15(7-5-14)17-9-8-16(22-2)13-20-17/h4-9,13,19H,3,10-12H2,1-2H3. The van der Waals surface area contributed by atoms with Crippen LogP contribution < -0.4 is 10.1 Å². The highest BCUT2D eigenvalue weighted by Crippen LogP contribution is 2.19. The second-order valence-electron chi connectivity index (χ2n) is 5.01. The lowest BCUT2D eigenvalue weighted by molar-refractivity contribution is -0.142. The van der Waals surface area contributed by atoms with E-state index in [-0.39, 0.29) is 5.97 Å². The fourth-order valence-corrected chi connectivity index (χ4v) is 2.12. The van der Waals surface area contributed by atoms with E-state index in [2.05, 4.69) is 22.4 Å². The topological polar surface area (TPSA) is 60.5 Å². The maximum atomic E-state index is 11.2. The van der Waals surface area contributed by atoms with Crippen molar-refractivity contribution in [3.05, 3.63) is 48.2 Å². The Bertz CT molecular complexity index is 609. The first-order valence-electron chi connectivity index (χ1n) is 7.68. The van der Waals surface area contributed by atoms with Gasteiger partial charge in [-0.3, -0.25) is 9.78 Å². The van der Waals surface area contributed by atoms with Crippen LogP contribution in [0.2, 0.25) is 0 Å². The van der Waals surface area contributed by atoms with Crippen molar-refractivity contribution >= 4 is 5.97 Å². The molecule has 5 heteroatoms. The zero-order valence-corrected chi connectivity index (χ0v) is 13.5. The SMILES string of the molecule is CCOC(=O)CCNCc1ccc(-c2ccc(OC)cn2)cc1. The van der Waals surface area contributed by atoms with E-state index < -0.39 is 0 Å². The van der Waals surface area contributed by atoms with Crippen LogP contribution in [0, 0.1) is 0 Å². The smallest absolute Gasteiger partial charge is 0.307 e. The highest BCUT2D eigenvalue weighted by molar-refractivity contribution is 5.69. The molecule has 0 amide bonds. The Morgan fingerprint density at radius 3 is 2.57 bits per heavy atom. The summed E-state index contributed by atoms with van der Waals surface area (Å²) in [5.41, 5.74) is 3.13. The number of rotatable bonds is 8. The van der Waals surface area contributed by atoms with Crippen LogP contribution in [0.5, 0.6) is 5.75 Å². The minimum absolute atomic E-state index is 0.166. The Balaban J connectivity index is 1.83. The maximum Gasteiger partial charge on any atom is 0.307 e. The minimum atomic E-state index is -0.166. The molecule has 0 bridgehead atoms. The van der Waals surface area contributed by atoms with Crippen molar-refractivity contribution in [3.63, 3.8) is 0 Å². The molecule has 2 rings (SSSR count). The van der Waals surface area contributed by atoms with Crippen molar-refractivity contribution in [1.29, 1.82) is 0 Å². The van der Waals surface area contributed by atoms with Gasteiger partial charge in [-0.25, -0.2) is 0 Å². The van der Waals surface area contributed by atoms with Crippen LogP contribution in [0.15, 0.2) is 42.6 Å². The van der Waals surface area contributed by atoms with E-state index in [4.69, 9.17) is 9.47 Å². The van der Waals surface area contributed by atoms with Gasteiger partial charge in [0.1, 0.15) is 5.75 Å². The fraction of sp³-hybridized carbons (Fsp3) is 0.333. The minimum Gasteiger partial charge on any atom is -0.495 e. The quantitative estimate of drug-likeness (QED) is 0.600. The predicted octanol–water partition coefficient (Wildman–Crippen LogP) is 2.80. The molecule has 122 valence electrons. The fourth-order valence-electron chi connectivity index (χ4n) is 2.12. The number of methoxy groups -OCH3 is 1. The summed E-state index contributed by atoms with van der Waals surface area (Å²) in [5.74, 6) is 0.581. The van der Waals surface area contributed by atoms with Crippen LogP contribution in [0.25, 0.3) is 11.3 Å². The van der Waals surface area contributed by atoms with Crippen LogP contribution in [0.1, 0.15) is 18.9 Å². The number of carbonyl (C=O) groups is 1. The number of carbonyl (C=O) groups excluding carboxylic acids is 1. The summed E-state index contributed by atoms with van der Waals surface area (Å²) in [6, 6.07) is 12.0. The van der Waals surface area contributed by atoms with E-state index in [0.717, 1.165) is 29.1 Å². The van der Waals surface area contributed by atoms with Gasteiger partial charge in [0.05, 0.1) is 32.0 Å². The zero-order chi connectivity index (χ0) is 16.5. The molecule has 5 nitrogen and oxygen atoms in total. The highest BCUT2D eigenvalue weighted by Gasteiger charge is 2.02. The average molecular weight is 314 g/mol. The van der Waals surface area contributed by atoms with Gasteiger partial charge in [-0.15, -0.1) is 0 Å². The van der Waals surface area contributed by atoms with Crippen molar-refractivity contribution in [2.24, 2.45) is 0 Å². The summed E-state index contributed by atoms with van der Waals surface area (Å²) in [7, 11) is 1.63. The monoisotopic (exact) mass is 314 g/mol. The summed E-state index contributed by atoms with van der Waals surface area (Å²) >= 11 is 0. The third kappa shape index (κ3) is 5.38. The number of aromatic nitrogens is 1. The Kier molecular flexibility index (Phi) is 6.56. The number of esters is 1. The molecule has 0 aliphatic carbocycles. The third-order valence-electron chi connectivity index (χ3n) is 3.36. The lowest BCUT2D eigenvalue weighted by Crippen LogP contribution is -2.18. The first kappa shape index (κ1) is 17.0. The summed E-state index contributed by atoms with van der Waals surface area (Å²) in [5, 5.41) is 3.23. The number of nitrogens with one attached hydrogen (secondary N) is 1. The van der Waals surface area contributed by atoms with E-state index in [1.165, 1.54) is 0 Å². The summed E-state index contributed by atoms with van der Waals surface area (Å²) in [6.45, 7) is 3.57. The Hall–Kier alpha value is -2.40. The first-order chi connectivity index (χ1) is 11.2. The molecule has 0 atom stereocenters. The molecule has 1 N–H and O–H groups in total. The molecule has 0 spiro atoms. The highest BCUT2D eigenvalue weighted by atomic mass is 16.5. The Morgan fingerprint density at radius 1 is 1.17 bits per heavy atom. The molecule has 0 aliphatic heterocycles. The van der Waals surface area contributed by atoms with Crippen LogP contribution in [0.3, 0.4) is 0 Å². The van der Waals surface area contributed by atoms with Crippen molar-refractivity contribution in [2.75, 3.05) is 20.3 Å². The first-order valence-corrected chi connectivity index (χ1v) is 7.68. The number of nitrogens with zero attached hydrogens (tertiary/aromatic N) is 1. The summed E-state index contributed by atoms with van der Waals surface area (Å²) in [4.78, 5) is 15.6. The van der Waals surface area contributed by atoms with Gasteiger partial charge in [-0.05, 0) is 24.6 Å². The molecule has 2 aromatic rings. The molecule has 0 saturated heterocycles. The van der Waals surface area contributed by atoms with E-state index in [0.29, 0.717) is 19.6 Å². The van der Waals surface area contributed by atoms with E-state index >= 15 is 0 Å². The summed E-state index contributed by atoms with van der Waals surface area (Å²) in [6.07, 6.45) is 2.10. The predicted molar refractivity (Wildman–Crippen MR) is 89.2 cm³/mol. The van der Waals surface area contributed by atoms with Gasteiger partial charge >= 0.3 is 5.97 Å². The Labute approximate surface area is 136 Å².